The number of piperidine rings is 1. The van der Waals surface area contributed by atoms with Crippen LogP contribution in [0.2, 0.25) is 0 Å². The van der Waals surface area contributed by atoms with Crippen LogP contribution in [0.3, 0.4) is 0 Å². The van der Waals surface area contributed by atoms with Crippen LogP contribution in [0.4, 0.5) is 0 Å². The molecule has 1 aromatic carbocycles. The number of likely N-dealkylation sites (tertiary alicyclic amines) is 1. The Labute approximate surface area is 174 Å². The number of carbonyl (C=O) groups is 1. The largest absolute Gasteiger partial charge is 0.344 e. The molecular formula is C24H32N4O. The van der Waals surface area contributed by atoms with Crippen LogP contribution < -0.4 is 0 Å². The molecule has 5 heteroatoms. The second-order valence-corrected chi connectivity index (χ2v) is 7.90. The lowest BCUT2D eigenvalue weighted by molar-refractivity contribution is -0.136. The summed E-state index contributed by atoms with van der Waals surface area (Å²) in [6, 6.07) is 12.3. The molecule has 1 aromatic heterocycles. The number of benzene rings is 1. The van der Waals surface area contributed by atoms with Gasteiger partial charge in [-0.1, -0.05) is 49.1 Å². The van der Waals surface area contributed by atoms with Gasteiger partial charge in [-0.2, -0.15) is 5.10 Å². The normalized spacial score (nSPS) is 17.0. The van der Waals surface area contributed by atoms with Crippen molar-refractivity contribution in [2.75, 3.05) is 26.7 Å². The van der Waals surface area contributed by atoms with Crippen LogP contribution in [-0.4, -0.2) is 58.6 Å². The zero-order valence-corrected chi connectivity index (χ0v) is 17.4. The molecule has 1 unspecified atom stereocenters. The summed E-state index contributed by atoms with van der Waals surface area (Å²) in [7, 11) is 1.92. The highest BCUT2D eigenvalue weighted by Gasteiger charge is 2.29. The molecule has 1 atom stereocenters. The zero-order valence-electron chi connectivity index (χ0n) is 17.4. The Bertz CT molecular complexity index is 808. The number of nitrogens with one attached hydrogen (secondary N) is 1. The van der Waals surface area contributed by atoms with E-state index < -0.39 is 0 Å². The van der Waals surface area contributed by atoms with Gasteiger partial charge < -0.3 is 4.90 Å². The van der Waals surface area contributed by atoms with Crippen molar-refractivity contribution >= 4 is 5.91 Å². The number of likely N-dealkylation sites (N-methyl/N-ethyl adjacent to an activating group) is 1. The molecule has 2 heterocycles. The maximum Gasteiger partial charge on any atom is 0.239 e. The quantitative estimate of drug-likeness (QED) is 0.522. The van der Waals surface area contributed by atoms with Crippen molar-refractivity contribution in [3.05, 3.63) is 42.1 Å². The Kier molecular flexibility index (Phi) is 7.89. The van der Waals surface area contributed by atoms with E-state index in [0.717, 1.165) is 69.3 Å². The maximum absolute atomic E-state index is 12.8. The van der Waals surface area contributed by atoms with Gasteiger partial charge in [-0.05, 0) is 44.7 Å². The maximum atomic E-state index is 12.8. The van der Waals surface area contributed by atoms with Crippen molar-refractivity contribution in [3.63, 3.8) is 0 Å². The molecule has 2 aromatic rings. The summed E-state index contributed by atoms with van der Waals surface area (Å²) in [6.07, 6.45) is 12.8. The Balaban J connectivity index is 1.37. The minimum absolute atomic E-state index is 0.0359. The predicted molar refractivity (Wildman–Crippen MR) is 117 cm³/mol. The Morgan fingerprint density at radius 3 is 2.90 bits per heavy atom. The number of H-pyrrole nitrogens is 1. The van der Waals surface area contributed by atoms with Gasteiger partial charge in [0.25, 0.3) is 0 Å². The highest BCUT2D eigenvalue weighted by atomic mass is 16.2. The number of aromatic nitrogens is 2. The standard InChI is InChI=1S/C24H32N4O/c1-3-16-28-18-11-9-15-23(28)24(29)27(2)17-10-5-8-14-21-19-22(26-25-21)20-12-6-4-7-13-20/h1,4,6-7,12-13,19,23H,5,8-11,14-18H2,2H3,(H,25,26). The van der Waals surface area contributed by atoms with Gasteiger partial charge in [-0.3, -0.25) is 14.8 Å². The van der Waals surface area contributed by atoms with Crippen LogP contribution >= 0.6 is 0 Å². The average molecular weight is 393 g/mol. The van der Waals surface area contributed by atoms with Crippen molar-refractivity contribution in [3.8, 4) is 23.6 Å². The van der Waals surface area contributed by atoms with Crippen LogP contribution in [0, 0.1) is 12.3 Å². The first-order valence-corrected chi connectivity index (χ1v) is 10.7. The smallest absolute Gasteiger partial charge is 0.239 e. The molecule has 3 rings (SSSR count). The lowest BCUT2D eigenvalue weighted by Gasteiger charge is -2.35. The molecule has 0 radical (unpaired) electrons. The lowest BCUT2D eigenvalue weighted by Crippen LogP contribution is -2.50. The second kappa shape index (κ2) is 10.8. The summed E-state index contributed by atoms with van der Waals surface area (Å²) < 4.78 is 0. The fourth-order valence-electron chi connectivity index (χ4n) is 4.03. The fourth-order valence-corrected chi connectivity index (χ4v) is 4.03. The number of rotatable bonds is 9. The number of nitrogens with zero attached hydrogens (tertiary/aromatic N) is 3. The van der Waals surface area contributed by atoms with Crippen molar-refractivity contribution in [1.29, 1.82) is 0 Å². The van der Waals surface area contributed by atoms with Crippen LogP contribution in [0.15, 0.2) is 36.4 Å². The number of hydrogen-bond acceptors (Lipinski definition) is 3. The summed E-state index contributed by atoms with van der Waals surface area (Å²) in [5.41, 5.74) is 3.30. The third kappa shape index (κ3) is 5.95. The van der Waals surface area contributed by atoms with Crippen molar-refractivity contribution in [2.45, 2.75) is 51.0 Å². The third-order valence-corrected chi connectivity index (χ3v) is 5.71. The first-order valence-electron chi connectivity index (χ1n) is 10.7. The molecule has 1 amide bonds. The van der Waals surface area contributed by atoms with E-state index >= 15 is 0 Å². The fraction of sp³-hybridized carbons (Fsp3) is 0.500. The van der Waals surface area contributed by atoms with Crippen molar-refractivity contribution in [2.24, 2.45) is 0 Å². The molecule has 1 N–H and O–H groups in total. The minimum atomic E-state index is -0.0359. The zero-order chi connectivity index (χ0) is 20.5. The van der Waals surface area contributed by atoms with Gasteiger partial charge in [0.05, 0.1) is 18.3 Å². The molecule has 1 saturated heterocycles. The van der Waals surface area contributed by atoms with Crippen LogP contribution in [0.1, 0.15) is 44.2 Å². The highest BCUT2D eigenvalue weighted by molar-refractivity contribution is 5.81. The molecule has 0 bridgehead atoms. The number of aryl methyl sites for hydroxylation is 1. The van der Waals surface area contributed by atoms with Crippen molar-refractivity contribution in [1.82, 2.24) is 20.0 Å². The number of amides is 1. The highest BCUT2D eigenvalue weighted by Crippen LogP contribution is 2.19. The molecule has 1 aliphatic heterocycles. The predicted octanol–water partition coefficient (Wildman–Crippen LogP) is 3.74. The van der Waals surface area contributed by atoms with Gasteiger partial charge in [0, 0.05) is 24.8 Å². The SMILES string of the molecule is C#CCN1CCCCC1C(=O)N(C)CCCCCc1cc(-c2ccccc2)n[nH]1. The molecule has 0 spiro atoms. The number of aromatic amines is 1. The summed E-state index contributed by atoms with van der Waals surface area (Å²) in [4.78, 5) is 16.9. The van der Waals surface area contributed by atoms with Gasteiger partial charge in [0.1, 0.15) is 0 Å². The monoisotopic (exact) mass is 392 g/mol. The summed E-state index contributed by atoms with van der Waals surface area (Å²) >= 11 is 0. The van der Waals surface area contributed by atoms with Crippen molar-refractivity contribution < 1.29 is 4.79 Å². The third-order valence-electron chi connectivity index (χ3n) is 5.71. The number of terminal acetylenes is 1. The molecule has 29 heavy (non-hydrogen) atoms. The average Bonchev–Trinajstić information content (AvgIpc) is 3.23. The topological polar surface area (TPSA) is 52.2 Å². The summed E-state index contributed by atoms with van der Waals surface area (Å²) in [6.45, 7) is 2.31. The van der Waals surface area contributed by atoms with E-state index in [1.165, 1.54) is 5.69 Å². The van der Waals surface area contributed by atoms with E-state index in [4.69, 9.17) is 6.42 Å². The molecular weight excluding hydrogens is 360 g/mol. The van der Waals surface area contributed by atoms with Gasteiger partial charge >= 0.3 is 0 Å². The van der Waals surface area contributed by atoms with E-state index in [0.29, 0.717) is 6.54 Å². The lowest BCUT2D eigenvalue weighted by atomic mass is 10.0. The Morgan fingerprint density at radius 1 is 1.28 bits per heavy atom. The van der Waals surface area contributed by atoms with Gasteiger partial charge in [-0.25, -0.2) is 0 Å². The van der Waals surface area contributed by atoms with Crippen LogP contribution in [-0.2, 0) is 11.2 Å². The van der Waals surface area contributed by atoms with E-state index in [1.807, 2.05) is 30.1 Å². The molecule has 1 aliphatic rings. The van der Waals surface area contributed by atoms with E-state index in [1.54, 1.807) is 0 Å². The number of carbonyl (C=O) groups excluding carboxylic acids is 1. The Morgan fingerprint density at radius 2 is 2.10 bits per heavy atom. The molecule has 0 saturated carbocycles. The van der Waals surface area contributed by atoms with E-state index in [2.05, 4.69) is 39.2 Å². The molecule has 1 fully saturated rings. The van der Waals surface area contributed by atoms with Gasteiger partial charge in [0.2, 0.25) is 5.91 Å². The molecule has 154 valence electrons. The second-order valence-electron chi connectivity index (χ2n) is 7.90. The summed E-state index contributed by atoms with van der Waals surface area (Å²) in [5.74, 6) is 2.92. The molecule has 5 nitrogen and oxygen atoms in total. The van der Waals surface area contributed by atoms with E-state index in [9.17, 15) is 4.79 Å². The van der Waals surface area contributed by atoms with Crippen LogP contribution in [0.25, 0.3) is 11.3 Å². The number of hydrogen-bond donors (Lipinski definition) is 1. The van der Waals surface area contributed by atoms with Gasteiger partial charge in [-0.15, -0.1) is 6.42 Å². The first-order chi connectivity index (χ1) is 14.2. The first kappa shape index (κ1) is 21.1. The van der Waals surface area contributed by atoms with E-state index in [-0.39, 0.29) is 11.9 Å². The minimum Gasteiger partial charge on any atom is -0.344 e. The van der Waals surface area contributed by atoms with Crippen LogP contribution in [0.5, 0.6) is 0 Å². The number of unbranched alkanes of at least 4 members (excludes halogenated alkanes) is 2. The Hall–Kier alpha value is -2.58. The van der Waals surface area contributed by atoms with Gasteiger partial charge in [0.15, 0.2) is 0 Å². The molecule has 0 aliphatic carbocycles. The summed E-state index contributed by atoms with van der Waals surface area (Å²) in [5, 5.41) is 7.56.